The van der Waals surface area contributed by atoms with Crippen LogP contribution in [-0.4, -0.2) is 54.6 Å². The van der Waals surface area contributed by atoms with Crippen molar-refractivity contribution in [3.8, 4) is 0 Å². The van der Waals surface area contributed by atoms with Gasteiger partial charge >= 0.3 is 0 Å². The molecule has 0 saturated carbocycles. The summed E-state index contributed by atoms with van der Waals surface area (Å²) in [5, 5.41) is 3.27. The zero-order valence-electron chi connectivity index (χ0n) is 8.12. The van der Waals surface area contributed by atoms with Crippen molar-refractivity contribution in [1.82, 2.24) is 15.1 Å². The molecule has 1 N–H and O–H groups in total. The molecule has 0 aromatic rings. The van der Waals surface area contributed by atoms with Crippen LogP contribution in [0.3, 0.4) is 0 Å². The number of hydrogen-bond acceptors (Lipinski definition) is 3. The van der Waals surface area contributed by atoms with Crippen molar-refractivity contribution in [2.75, 3.05) is 32.7 Å². The van der Waals surface area contributed by atoms with Gasteiger partial charge in [0.25, 0.3) is 5.91 Å². The van der Waals surface area contributed by atoms with Gasteiger partial charge in [0.1, 0.15) is 6.17 Å². The number of nitrogens with one attached hydrogen (secondary N) is 1. The second-order valence-electron chi connectivity index (χ2n) is 3.66. The predicted octanol–water partition coefficient (Wildman–Crippen LogP) is -0.530. The molecule has 0 aromatic carbocycles. The molecule has 0 aromatic heterocycles. The lowest BCUT2D eigenvalue weighted by atomic mass is 10.2. The van der Waals surface area contributed by atoms with Gasteiger partial charge in [0.15, 0.2) is 0 Å². The largest absolute Gasteiger partial charge is 0.339 e. The molecule has 74 valence electrons. The van der Waals surface area contributed by atoms with E-state index in [0.29, 0.717) is 0 Å². The fourth-order valence-electron chi connectivity index (χ4n) is 2.11. The van der Waals surface area contributed by atoms with Gasteiger partial charge < -0.3 is 4.90 Å². The number of hydrogen-bond donors (Lipinski definition) is 1. The zero-order valence-corrected chi connectivity index (χ0v) is 8.12. The van der Waals surface area contributed by atoms with Gasteiger partial charge in [-0.1, -0.05) is 0 Å². The molecule has 2 heterocycles. The number of piperazine rings is 1. The molecule has 2 saturated heterocycles. The van der Waals surface area contributed by atoms with Gasteiger partial charge in [-0.3, -0.25) is 15.0 Å². The van der Waals surface area contributed by atoms with E-state index in [4.69, 9.17) is 0 Å². The molecule has 1 amide bonds. The normalized spacial score (nSPS) is 30.4. The second kappa shape index (κ2) is 3.64. The molecule has 2 fully saturated rings. The van der Waals surface area contributed by atoms with Gasteiger partial charge in [-0.25, -0.2) is 0 Å². The molecule has 1 atom stereocenters. The summed E-state index contributed by atoms with van der Waals surface area (Å²) >= 11 is 0. The minimum Gasteiger partial charge on any atom is -0.339 e. The van der Waals surface area contributed by atoms with Gasteiger partial charge in [-0.15, -0.1) is 0 Å². The summed E-state index contributed by atoms with van der Waals surface area (Å²) in [5.74, 6) is 0.258. The molecule has 4 heteroatoms. The van der Waals surface area contributed by atoms with Crippen LogP contribution in [-0.2, 0) is 4.79 Å². The standard InChI is InChI=1S/C9H17N3O/c1-2-11-6-7-12-5-3-4-10-8(12)9(11)13/h8,10H,2-7H2,1H3/t8-/m1/s1. The highest BCUT2D eigenvalue weighted by Gasteiger charge is 2.34. The fraction of sp³-hybridized carbons (Fsp3) is 0.889. The monoisotopic (exact) mass is 183 g/mol. The molecule has 0 radical (unpaired) electrons. The van der Waals surface area contributed by atoms with Crippen molar-refractivity contribution in [3.05, 3.63) is 0 Å². The summed E-state index contributed by atoms with van der Waals surface area (Å²) in [6.07, 6.45) is 1.14. The maximum absolute atomic E-state index is 11.8. The first kappa shape index (κ1) is 8.97. The number of carbonyl (C=O) groups is 1. The van der Waals surface area contributed by atoms with E-state index in [-0.39, 0.29) is 12.1 Å². The molecule has 0 unspecified atom stereocenters. The lowest BCUT2D eigenvalue weighted by Gasteiger charge is -2.43. The Kier molecular flexibility index (Phi) is 2.51. The van der Waals surface area contributed by atoms with Crippen LogP contribution in [0.4, 0.5) is 0 Å². The Hall–Kier alpha value is -0.610. The predicted molar refractivity (Wildman–Crippen MR) is 50.2 cm³/mol. The Bertz CT molecular complexity index is 207. The van der Waals surface area contributed by atoms with Crippen LogP contribution in [0.5, 0.6) is 0 Å². The Morgan fingerprint density at radius 1 is 1.46 bits per heavy atom. The van der Waals surface area contributed by atoms with E-state index in [1.54, 1.807) is 0 Å². The number of nitrogens with zero attached hydrogens (tertiary/aromatic N) is 2. The lowest BCUT2D eigenvalue weighted by Crippen LogP contribution is -2.64. The van der Waals surface area contributed by atoms with Crippen LogP contribution in [0, 0.1) is 0 Å². The highest BCUT2D eigenvalue weighted by atomic mass is 16.2. The smallest absolute Gasteiger partial charge is 0.254 e. The van der Waals surface area contributed by atoms with Crippen LogP contribution < -0.4 is 5.32 Å². The van der Waals surface area contributed by atoms with E-state index in [1.807, 2.05) is 11.8 Å². The first-order chi connectivity index (χ1) is 6.33. The highest BCUT2D eigenvalue weighted by Crippen LogP contribution is 2.12. The molecule has 13 heavy (non-hydrogen) atoms. The SMILES string of the molecule is CCN1CCN2CCCN[C@H]2C1=O. The van der Waals surface area contributed by atoms with Crippen molar-refractivity contribution >= 4 is 5.91 Å². The van der Waals surface area contributed by atoms with E-state index in [1.165, 1.54) is 0 Å². The quantitative estimate of drug-likeness (QED) is 0.593. The number of carbonyl (C=O) groups excluding carboxylic acids is 1. The summed E-state index contributed by atoms with van der Waals surface area (Å²) in [4.78, 5) is 16.0. The van der Waals surface area contributed by atoms with E-state index >= 15 is 0 Å². The molecule has 0 bridgehead atoms. The van der Waals surface area contributed by atoms with Gasteiger partial charge in [0.2, 0.25) is 0 Å². The maximum atomic E-state index is 11.8. The van der Waals surface area contributed by atoms with Crippen molar-refractivity contribution in [3.63, 3.8) is 0 Å². The minimum absolute atomic E-state index is 0.0255. The zero-order chi connectivity index (χ0) is 9.26. The molecular formula is C9H17N3O. The fourth-order valence-corrected chi connectivity index (χ4v) is 2.11. The van der Waals surface area contributed by atoms with Gasteiger partial charge in [0, 0.05) is 26.2 Å². The summed E-state index contributed by atoms with van der Waals surface area (Å²) in [5.41, 5.74) is 0. The van der Waals surface area contributed by atoms with Crippen LogP contribution in [0.2, 0.25) is 0 Å². The van der Waals surface area contributed by atoms with E-state index in [0.717, 1.165) is 39.1 Å². The third-order valence-corrected chi connectivity index (χ3v) is 2.91. The highest BCUT2D eigenvalue weighted by molar-refractivity contribution is 5.82. The van der Waals surface area contributed by atoms with E-state index in [9.17, 15) is 4.79 Å². The molecule has 2 aliphatic heterocycles. The number of fused-ring (bicyclic) bond motifs is 1. The topological polar surface area (TPSA) is 35.6 Å². The van der Waals surface area contributed by atoms with Crippen molar-refractivity contribution in [1.29, 1.82) is 0 Å². The van der Waals surface area contributed by atoms with Crippen LogP contribution in [0.25, 0.3) is 0 Å². The Morgan fingerprint density at radius 3 is 3.08 bits per heavy atom. The second-order valence-corrected chi connectivity index (χ2v) is 3.66. The van der Waals surface area contributed by atoms with Gasteiger partial charge in [-0.2, -0.15) is 0 Å². The molecule has 2 aliphatic rings. The Morgan fingerprint density at radius 2 is 2.31 bits per heavy atom. The third-order valence-electron chi connectivity index (χ3n) is 2.91. The third kappa shape index (κ3) is 1.56. The summed E-state index contributed by atoms with van der Waals surface area (Å²) < 4.78 is 0. The van der Waals surface area contributed by atoms with E-state index < -0.39 is 0 Å². The van der Waals surface area contributed by atoms with Crippen molar-refractivity contribution in [2.45, 2.75) is 19.5 Å². The lowest BCUT2D eigenvalue weighted by molar-refractivity contribution is -0.144. The molecule has 2 rings (SSSR count). The average Bonchev–Trinajstić information content (AvgIpc) is 2.19. The van der Waals surface area contributed by atoms with Crippen LogP contribution in [0.15, 0.2) is 0 Å². The van der Waals surface area contributed by atoms with E-state index in [2.05, 4.69) is 10.2 Å². The van der Waals surface area contributed by atoms with Crippen LogP contribution >= 0.6 is 0 Å². The maximum Gasteiger partial charge on any atom is 0.254 e. The van der Waals surface area contributed by atoms with Crippen LogP contribution in [0.1, 0.15) is 13.3 Å². The summed E-state index contributed by atoms with van der Waals surface area (Å²) in [6, 6.07) is 0. The van der Waals surface area contributed by atoms with Crippen molar-refractivity contribution < 1.29 is 4.79 Å². The van der Waals surface area contributed by atoms with Gasteiger partial charge in [0.05, 0.1) is 0 Å². The van der Waals surface area contributed by atoms with Gasteiger partial charge in [-0.05, 0) is 19.9 Å². The molecular weight excluding hydrogens is 166 g/mol. The Balaban J connectivity index is 2.05. The number of rotatable bonds is 1. The Labute approximate surface area is 78.9 Å². The molecule has 0 aliphatic carbocycles. The van der Waals surface area contributed by atoms with Crippen molar-refractivity contribution in [2.24, 2.45) is 0 Å². The summed E-state index contributed by atoms with van der Waals surface area (Å²) in [6.45, 7) is 6.84. The average molecular weight is 183 g/mol. The minimum atomic E-state index is -0.0255. The number of likely N-dealkylation sites (N-methyl/N-ethyl adjacent to an activating group) is 1. The molecule has 0 spiro atoms. The first-order valence-corrected chi connectivity index (χ1v) is 5.09. The molecule has 4 nitrogen and oxygen atoms in total. The first-order valence-electron chi connectivity index (χ1n) is 5.09. The number of amides is 1. The summed E-state index contributed by atoms with van der Waals surface area (Å²) in [7, 11) is 0.